The highest BCUT2D eigenvalue weighted by atomic mass is 19.4. The Hall–Kier alpha value is -2.86. The number of ether oxygens (including phenoxy) is 10. The molecule has 1 N–H and O–H groups in total. The van der Waals surface area contributed by atoms with Crippen LogP contribution in [0.3, 0.4) is 0 Å². The molecule has 0 unspecified atom stereocenters. The van der Waals surface area contributed by atoms with Crippen LogP contribution in [0, 0.1) is 0 Å². The first-order valence-electron chi connectivity index (χ1n) is 21.8. The summed E-state index contributed by atoms with van der Waals surface area (Å²) in [5, 5.41) is 2.86. The van der Waals surface area contributed by atoms with E-state index >= 15 is 0 Å². The van der Waals surface area contributed by atoms with Gasteiger partial charge in [0.15, 0.2) is 0 Å². The maximum absolute atomic E-state index is 13.1. The van der Waals surface area contributed by atoms with E-state index in [4.69, 9.17) is 47.4 Å². The summed E-state index contributed by atoms with van der Waals surface area (Å²) >= 11 is 0. The lowest BCUT2D eigenvalue weighted by Gasteiger charge is -2.13. The predicted octanol–water partition coefficient (Wildman–Crippen LogP) is 9.07. The van der Waals surface area contributed by atoms with E-state index in [-0.39, 0.29) is 24.5 Å². The molecule has 0 radical (unpaired) electrons. The lowest BCUT2D eigenvalue weighted by Crippen LogP contribution is -2.16. The minimum atomic E-state index is -4.48. The summed E-state index contributed by atoms with van der Waals surface area (Å²) in [6.45, 7) is 10.8. The van der Waals surface area contributed by atoms with E-state index in [0.717, 1.165) is 25.2 Å². The first kappa shape index (κ1) is 53.3. The number of nitrogens with one attached hydrogen (secondary N) is 1. The topological polar surface area (TPSA) is 121 Å². The second-order valence-electron chi connectivity index (χ2n) is 13.9. The molecule has 0 aromatic heterocycles. The molecule has 0 saturated carbocycles. The van der Waals surface area contributed by atoms with Crippen LogP contribution in [0.1, 0.15) is 93.5 Å². The summed E-state index contributed by atoms with van der Waals surface area (Å²) in [6, 6.07) is 11.2. The van der Waals surface area contributed by atoms with Crippen molar-refractivity contribution >= 4 is 17.3 Å². The Balaban J connectivity index is 1.24. The first-order valence-corrected chi connectivity index (χ1v) is 21.8. The van der Waals surface area contributed by atoms with Crippen LogP contribution in [-0.2, 0) is 53.5 Å². The maximum atomic E-state index is 13.1. The minimum absolute atomic E-state index is 0.00149. The van der Waals surface area contributed by atoms with Gasteiger partial charge in [0.2, 0.25) is 0 Å². The van der Waals surface area contributed by atoms with Gasteiger partial charge in [-0.25, -0.2) is 4.79 Å². The number of rotatable bonds is 42. The van der Waals surface area contributed by atoms with Gasteiger partial charge in [-0.2, -0.15) is 13.2 Å². The Morgan fingerprint density at radius 3 is 1.28 bits per heavy atom. The molecule has 0 aliphatic heterocycles. The average molecular weight is 860 g/mol. The molecule has 15 heteroatoms. The minimum Gasteiger partial charge on any atom is -0.460 e. The molecule has 60 heavy (non-hydrogen) atoms. The molecule has 0 heterocycles. The van der Waals surface area contributed by atoms with Crippen molar-refractivity contribution in [2.24, 2.45) is 0 Å². The summed E-state index contributed by atoms with van der Waals surface area (Å²) in [5.41, 5.74) is -0.0789. The zero-order valence-corrected chi connectivity index (χ0v) is 36.0. The van der Waals surface area contributed by atoms with Gasteiger partial charge in [0.25, 0.3) is 0 Å². The van der Waals surface area contributed by atoms with E-state index in [1.165, 1.54) is 82.4 Å². The molecule has 0 aliphatic carbocycles. The largest absolute Gasteiger partial charge is 0.460 e. The number of para-hydroxylation sites is 1. The van der Waals surface area contributed by atoms with Crippen LogP contribution in [0.4, 0.5) is 24.5 Å². The van der Waals surface area contributed by atoms with Crippen molar-refractivity contribution in [3.05, 3.63) is 59.7 Å². The van der Waals surface area contributed by atoms with Gasteiger partial charge in [-0.3, -0.25) is 0 Å². The zero-order chi connectivity index (χ0) is 43.0. The van der Waals surface area contributed by atoms with Crippen molar-refractivity contribution in [2.75, 3.05) is 131 Å². The van der Waals surface area contributed by atoms with Gasteiger partial charge in [0.05, 0.1) is 129 Å². The number of halogens is 3. The van der Waals surface area contributed by atoms with Gasteiger partial charge in [0, 0.05) is 12.3 Å². The molecule has 344 valence electrons. The number of carbonyl (C=O) groups excluding carboxylic acids is 1. The molecule has 2 aromatic rings. The highest BCUT2D eigenvalue weighted by Crippen LogP contribution is 2.32. The Morgan fingerprint density at radius 2 is 0.850 bits per heavy atom. The Labute approximate surface area is 356 Å². The van der Waals surface area contributed by atoms with E-state index in [1.807, 2.05) is 0 Å². The molecule has 0 aliphatic rings. The summed E-state index contributed by atoms with van der Waals surface area (Å²) in [6.07, 6.45) is 10.2. The summed E-state index contributed by atoms with van der Waals surface area (Å²) in [4.78, 5) is 12.6. The monoisotopic (exact) mass is 860 g/mol. The van der Waals surface area contributed by atoms with Crippen LogP contribution in [0.5, 0.6) is 0 Å². The number of esters is 1. The van der Waals surface area contributed by atoms with Gasteiger partial charge in [-0.1, -0.05) is 89.3 Å². The molecule has 12 nitrogen and oxygen atoms in total. The number of hydrogen-bond donors (Lipinski definition) is 1. The van der Waals surface area contributed by atoms with E-state index in [2.05, 4.69) is 12.2 Å². The van der Waals surface area contributed by atoms with Crippen molar-refractivity contribution in [3.63, 3.8) is 0 Å². The quantitative estimate of drug-likeness (QED) is 0.0507. The molecule has 0 spiro atoms. The van der Waals surface area contributed by atoms with E-state index in [9.17, 15) is 18.0 Å². The van der Waals surface area contributed by atoms with Crippen molar-refractivity contribution < 1.29 is 65.3 Å². The fourth-order valence-corrected chi connectivity index (χ4v) is 5.70. The lowest BCUT2D eigenvalue weighted by molar-refractivity contribution is -0.137. The van der Waals surface area contributed by atoms with E-state index in [0.29, 0.717) is 111 Å². The molecule has 0 amide bonds. The molecule has 0 saturated heterocycles. The Morgan fingerprint density at radius 1 is 0.467 bits per heavy atom. The van der Waals surface area contributed by atoms with E-state index < -0.39 is 17.7 Å². The van der Waals surface area contributed by atoms with Gasteiger partial charge in [-0.05, 0) is 36.8 Å². The normalized spacial score (nSPS) is 11.7. The Kier molecular flexibility index (Phi) is 33.6. The van der Waals surface area contributed by atoms with Gasteiger partial charge >= 0.3 is 12.1 Å². The second kappa shape index (κ2) is 37.9. The smallest absolute Gasteiger partial charge is 0.416 e. The van der Waals surface area contributed by atoms with Crippen LogP contribution in [0.2, 0.25) is 0 Å². The maximum Gasteiger partial charge on any atom is 0.416 e. The van der Waals surface area contributed by atoms with Crippen LogP contribution < -0.4 is 5.32 Å². The molecular formula is C45H72F3NO11. The third-order valence-corrected chi connectivity index (χ3v) is 8.95. The highest BCUT2D eigenvalue weighted by Gasteiger charge is 2.30. The van der Waals surface area contributed by atoms with Crippen molar-refractivity contribution in [1.29, 1.82) is 0 Å². The van der Waals surface area contributed by atoms with Gasteiger partial charge < -0.3 is 52.7 Å². The predicted molar refractivity (Wildman–Crippen MR) is 225 cm³/mol. The lowest BCUT2D eigenvalue weighted by atomic mass is 10.1. The third-order valence-electron chi connectivity index (χ3n) is 8.95. The average Bonchev–Trinajstić information content (AvgIpc) is 3.24. The fraction of sp³-hybridized carbons (Fsp3) is 0.711. The molecule has 2 aromatic carbocycles. The van der Waals surface area contributed by atoms with Crippen molar-refractivity contribution in [1.82, 2.24) is 0 Å². The summed E-state index contributed by atoms with van der Waals surface area (Å²) < 4.78 is 94.1. The van der Waals surface area contributed by atoms with E-state index in [1.54, 1.807) is 18.2 Å². The summed E-state index contributed by atoms with van der Waals surface area (Å²) in [7, 11) is 0. The molecule has 0 bridgehead atoms. The summed E-state index contributed by atoms with van der Waals surface area (Å²) in [5.74, 6) is -0.625. The fourth-order valence-electron chi connectivity index (χ4n) is 5.70. The van der Waals surface area contributed by atoms with Crippen molar-refractivity contribution in [2.45, 2.75) is 83.7 Å². The number of alkyl halides is 3. The number of anilines is 2. The van der Waals surface area contributed by atoms with Gasteiger partial charge in [-0.15, -0.1) is 0 Å². The van der Waals surface area contributed by atoms with Gasteiger partial charge in [0.1, 0.15) is 6.61 Å². The standard InChI is InChI=1S/C45H72F3NO11/c1-2-3-4-5-6-7-8-9-10-11-14-20-51-21-22-52-23-24-53-25-26-54-27-28-55-29-30-56-31-32-57-33-34-58-35-36-59-37-38-60-44(50)42-18-12-13-19-43(42)49-41-17-15-16-40(39-41)45(46,47)48/h12-13,15-19,39,49H,2-11,14,20-38H2,1H3. The second-order valence-corrected chi connectivity index (χ2v) is 13.9. The number of hydrogen-bond acceptors (Lipinski definition) is 12. The number of unbranched alkanes of at least 4 members (excludes halogenated alkanes) is 10. The molecule has 0 atom stereocenters. The SMILES string of the molecule is CCCCCCCCCCCCCOCCOCCOCCOCCOCCOCCOCCOCCOCCOC(=O)c1ccccc1Nc1cccc(C(F)(F)F)c1. The first-order chi connectivity index (χ1) is 29.4. The third kappa shape index (κ3) is 30.2. The van der Waals surface area contributed by atoms with Crippen molar-refractivity contribution in [3.8, 4) is 0 Å². The zero-order valence-electron chi connectivity index (χ0n) is 36.0. The number of benzene rings is 2. The van der Waals surface area contributed by atoms with Crippen LogP contribution >= 0.6 is 0 Å². The molecule has 2 rings (SSSR count). The molecule has 0 fully saturated rings. The van der Waals surface area contributed by atoms with Crippen LogP contribution in [0.15, 0.2) is 48.5 Å². The van der Waals surface area contributed by atoms with Crippen LogP contribution in [0.25, 0.3) is 0 Å². The Bertz CT molecular complexity index is 1290. The molecular weight excluding hydrogens is 787 g/mol. The number of carbonyl (C=O) groups is 1. The highest BCUT2D eigenvalue weighted by molar-refractivity contribution is 5.96. The van der Waals surface area contributed by atoms with Crippen LogP contribution in [-0.4, -0.2) is 132 Å².